The molecule has 2 aliphatic rings. The second kappa shape index (κ2) is 9.26. The summed E-state index contributed by atoms with van der Waals surface area (Å²) < 4.78 is 45.3. The van der Waals surface area contributed by atoms with Gasteiger partial charge in [0.25, 0.3) is 5.89 Å². The molecule has 3 heterocycles. The summed E-state index contributed by atoms with van der Waals surface area (Å²) in [5, 5.41) is 8.79. The summed E-state index contributed by atoms with van der Waals surface area (Å²) in [6, 6.07) is 2.66. The Balaban J connectivity index is 1.87. The summed E-state index contributed by atoms with van der Waals surface area (Å²) in [6.45, 7) is 0. The molecule has 2 aromatic rings. The number of quaternary nitrogens is 1. The molecule has 172 valence electrons. The van der Waals surface area contributed by atoms with Crippen molar-refractivity contribution in [1.82, 2.24) is 9.97 Å². The van der Waals surface area contributed by atoms with Gasteiger partial charge in [0.15, 0.2) is 0 Å². The first-order chi connectivity index (χ1) is 15.6. The highest BCUT2D eigenvalue weighted by Gasteiger charge is 2.36. The van der Waals surface area contributed by atoms with Crippen LogP contribution in [0.2, 0.25) is 5.02 Å². The number of rotatable bonds is 4. The molecule has 0 spiro atoms. The molecule has 33 heavy (non-hydrogen) atoms. The van der Waals surface area contributed by atoms with Crippen LogP contribution in [0.1, 0.15) is 5.89 Å². The maximum Gasteiger partial charge on any atom is 0.432 e. The third kappa shape index (κ3) is 4.90. The summed E-state index contributed by atoms with van der Waals surface area (Å²) >= 11 is 15.5. The van der Waals surface area contributed by atoms with Gasteiger partial charge in [-0.15, -0.1) is 11.8 Å². The van der Waals surface area contributed by atoms with Crippen molar-refractivity contribution in [2.75, 3.05) is 6.26 Å². The average molecular weight is 535 g/mol. The molecule has 0 bridgehead atoms. The van der Waals surface area contributed by atoms with E-state index in [-0.39, 0.29) is 43.4 Å². The lowest BCUT2D eigenvalue weighted by Crippen LogP contribution is -2.75. The van der Waals surface area contributed by atoms with E-state index in [2.05, 4.69) is 15.0 Å². The molecule has 1 aliphatic heterocycles. The fraction of sp³-hybridized carbons (Fsp3) is 0.211. The number of thioether (sulfide) groups is 2. The topological polar surface area (TPSA) is 109 Å². The van der Waals surface area contributed by atoms with E-state index < -0.39 is 23.4 Å². The SMILES string of the molecule is CSC1=NC2C=c3c(nc(/C(=C/C(=N)C(F)(F)F)[NH2+]c4ncccc4Cl)oc3=O)=C(Cl)C2S1. The first-order valence-electron chi connectivity index (χ1n) is 9.12. The number of pyridine rings is 1. The molecule has 14 heteroatoms. The first kappa shape index (κ1) is 24.0. The number of fused-ring (bicyclic) bond motifs is 2. The van der Waals surface area contributed by atoms with Crippen LogP contribution in [0.15, 0.2) is 38.6 Å². The van der Waals surface area contributed by atoms with Gasteiger partial charge in [-0.3, -0.25) is 15.7 Å². The van der Waals surface area contributed by atoms with Crippen LogP contribution in [-0.4, -0.2) is 43.8 Å². The molecule has 2 unspecified atom stereocenters. The zero-order chi connectivity index (χ0) is 23.9. The Labute approximate surface area is 202 Å². The van der Waals surface area contributed by atoms with Crippen molar-refractivity contribution in [2.24, 2.45) is 4.99 Å². The molecule has 4 rings (SSSR count). The molecule has 2 atom stereocenters. The second-order valence-corrected chi connectivity index (χ2v) is 9.74. The van der Waals surface area contributed by atoms with Crippen molar-refractivity contribution >= 4 is 79.4 Å². The number of hydrogen-bond donors (Lipinski definition) is 2. The van der Waals surface area contributed by atoms with Crippen molar-refractivity contribution in [2.45, 2.75) is 17.5 Å². The van der Waals surface area contributed by atoms with Crippen LogP contribution >= 0.6 is 46.7 Å². The number of nitrogens with zero attached hydrogens (tertiary/aromatic N) is 3. The molecule has 3 N–H and O–H groups in total. The van der Waals surface area contributed by atoms with E-state index in [1.807, 2.05) is 6.26 Å². The lowest BCUT2D eigenvalue weighted by Gasteiger charge is -2.16. The van der Waals surface area contributed by atoms with Gasteiger partial charge in [0.1, 0.15) is 15.1 Å². The summed E-state index contributed by atoms with van der Waals surface area (Å²) in [6.07, 6.45) is 0.399. The maximum atomic E-state index is 13.1. The number of allylic oxidation sites excluding steroid dienone is 1. The number of hydrogen-bond acceptors (Lipinski definition) is 8. The number of nitrogens with one attached hydrogen (secondary N) is 1. The summed E-state index contributed by atoms with van der Waals surface area (Å²) in [4.78, 5) is 25.5. The minimum absolute atomic E-state index is 0.0813. The lowest BCUT2D eigenvalue weighted by molar-refractivity contribution is -0.475. The monoisotopic (exact) mass is 534 g/mol. The third-order valence-corrected chi connectivity index (χ3v) is 7.77. The largest absolute Gasteiger partial charge is 0.432 e. The highest BCUT2D eigenvalue weighted by molar-refractivity contribution is 8.39. The van der Waals surface area contributed by atoms with Crippen molar-refractivity contribution in [3.05, 3.63) is 56.3 Å². The first-order valence-corrected chi connectivity index (χ1v) is 12.0. The average Bonchev–Trinajstić information content (AvgIpc) is 3.18. The fourth-order valence-corrected chi connectivity index (χ4v) is 5.46. The highest BCUT2D eigenvalue weighted by Crippen LogP contribution is 2.38. The van der Waals surface area contributed by atoms with E-state index >= 15 is 0 Å². The zero-order valence-electron chi connectivity index (χ0n) is 16.5. The van der Waals surface area contributed by atoms with Crippen LogP contribution in [0.5, 0.6) is 0 Å². The Hall–Kier alpha value is -2.12. The maximum absolute atomic E-state index is 13.1. The number of alkyl halides is 3. The van der Waals surface area contributed by atoms with Gasteiger partial charge in [0, 0.05) is 12.3 Å². The Bertz CT molecular complexity index is 1390. The van der Waals surface area contributed by atoms with E-state index in [0.717, 1.165) is 9.69 Å². The minimum atomic E-state index is -4.93. The number of aliphatic imine (C=N–C) groups is 1. The summed E-state index contributed by atoms with van der Waals surface area (Å²) in [5.41, 5.74) is -2.83. The van der Waals surface area contributed by atoms with Gasteiger partial charge in [0.05, 0.1) is 26.9 Å². The van der Waals surface area contributed by atoms with Crippen LogP contribution in [0, 0.1) is 5.41 Å². The van der Waals surface area contributed by atoms with E-state index in [0.29, 0.717) is 6.08 Å². The van der Waals surface area contributed by atoms with E-state index in [1.54, 1.807) is 12.1 Å². The van der Waals surface area contributed by atoms with Crippen molar-refractivity contribution in [3.63, 3.8) is 0 Å². The van der Waals surface area contributed by atoms with Crippen molar-refractivity contribution in [1.29, 1.82) is 5.41 Å². The summed E-state index contributed by atoms with van der Waals surface area (Å²) in [7, 11) is 0. The molecule has 2 aromatic heterocycles. The summed E-state index contributed by atoms with van der Waals surface area (Å²) in [5.74, 6) is -0.345. The molecule has 0 fully saturated rings. The van der Waals surface area contributed by atoms with Gasteiger partial charge in [-0.2, -0.15) is 13.2 Å². The van der Waals surface area contributed by atoms with Crippen LogP contribution in [0.3, 0.4) is 0 Å². The Kier molecular flexibility index (Phi) is 6.74. The third-order valence-electron chi connectivity index (χ3n) is 4.59. The molecule has 0 saturated carbocycles. The molecule has 0 saturated heterocycles. The Morgan fingerprint density at radius 2 is 2.15 bits per heavy atom. The number of aromatic nitrogens is 2. The van der Waals surface area contributed by atoms with E-state index in [4.69, 9.17) is 33.0 Å². The van der Waals surface area contributed by atoms with Gasteiger partial charge in [0.2, 0.25) is 11.5 Å². The van der Waals surface area contributed by atoms with Crippen LogP contribution in [0.25, 0.3) is 16.8 Å². The minimum Gasteiger partial charge on any atom is -0.398 e. The van der Waals surface area contributed by atoms with Gasteiger partial charge in [-0.25, -0.2) is 14.8 Å². The van der Waals surface area contributed by atoms with Crippen molar-refractivity contribution < 1.29 is 22.9 Å². The Morgan fingerprint density at radius 3 is 2.82 bits per heavy atom. The molecular formula is C19H13Cl2F3N5O2S2+. The Morgan fingerprint density at radius 1 is 1.39 bits per heavy atom. The van der Waals surface area contributed by atoms with Gasteiger partial charge < -0.3 is 4.42 Å². The quantitative estimate of drug-likeness (QED) is 0.582. The number of nitrogens with two attached hydrogens (primary N) is 1. The van der Waals surface area contributed by atoms with Crippen LogP contribution in [0.4, 0.5) is 19.0 Å². The zero-order valence-corrected chi connectivity index (χ0v) is 19.6. The predicted molar refractivity (Wildman–Crippen MR) is 124 cm³/mol. The molecule has 1 aliphatic carbocycles. The molecule has 0 aromatic carbocycles. The lowest BCUT2D eigenvalue weighted by atomic mass is 10.1. The molecule has 0 radical (unpaired) electrons. The predicted octanol–water partition coefficient (Wildman–Crippen LogP) is 2.25. The van der Waals surface area contributed by atoms with Crippen LogP contribution < -0.4 is 21.5 Å². The highest BCUT2D eigenvalue weighted by atomic mass is 35.5. The van der Waals surface area contributed by atoms with Gasteiger partial charge in [-0.05, 0) is 24.5 Å². The normalized spacial score (nSPS) is 20.1. The van der Waals surface area contributed by atoms with Crippen molar-refractivity contribution in [3.8, 4) is 0 Å². The van der Waals surface area contributed by atoms with Crippen LogP contribution in [-0.2, 0) is 0 Å². The standard InChI is InChI=1S/C19H12Cl2F3N5O2S2/c1-32-18-28-9-5-7-13(12(21)14(9)33-18)29-16(31-17(7)30)10(6-11(25)19(22,23)24)27-15-8(20)3-2-4-26-15/h2-6,9,14,25H,1H3,(H,26,27)/p+1/b10-6-,25-11?. The molecule has 0 amide bonds. The van der Waals surface area contributed by atoms with Gasteiger partial charge >= 0.3 is 11.8 Å². The van der Waals surface area contributed by atoms with E-state index in [9.17, 15) is 18.0 Å². The van der Waals surface area contributed by atoms with Gasteiger partial charge in [-0.1, -0.05) is 35.0 Å². The van der Waals surface area contributed by atoms with E-state index in [1.165, 1.54) is 35.8 Å². The second-order valence-electron chi connectivity index (χ2n) is 6.74. The smallest absolute Gasteiger partial charge is 0.398 e. The number of halogens is 5. The fourth-order valence-electron chi connectivity index (χ4n) is 3.06. The molecular weight excluding hydrogens is 522 g/mol. The molecule has 7 nitrogen and oxygen atoms in total.